The van der Waals surface area contributed by atoms with E-state index in [2.05, 4.69) is 15.7 Å². The molecule has 8 nitrogen and oxygen atoms in total. The first kappa shape index (κ1) is 17.3. The third-order valence-corrected chi connectivity index (χ3v) is 3.58. The molecule has 0 saturated heterocycles. The first-order valence-corrected chi connectivity index (χ1v) is 7.96. The third-order valence-electron chi connectivity index (χ3n) is 3.58. The van der Waals surface area contributed by atoms with Gasteiger partial charge in [-0.25, -0.2) is 9.48 Å². The summed E-state index contributed by atoms with van der Waals surface area (Å²) in [6, 6.07) is 13.2. The maximum Gasteiger partial charge on any atom is 0.319 e. The Morgan fingerprint density at radius 1 is 1.23 bits per heavy atom. The number of rotatable bonds is 6. The fourth-order valence-electron chi connectivity index (χ4n) is 2.32. The maximum absolute atomic E-state index is 12.0. The molecular weight excluding hydrogens is 336 g/mol. The maximum atomic E-state index is 12.0. The summed E-state index contributed by atoms with van der Waals surface area (Å²) in [6.07, 6.45) is 1.54. The van der Waals surface area contributed by atoms with Crippen LogP contribution in [-0.2, 0) is 6.54 Å². The number of anilines is 1. The molecule has 26 heavy (non-hydrogen) atoms. The standard InChI is InChI=1S/C18H18N4O4/c1-25-14-5-2-4-13(12-14)20-18(24)19-9-10-22-17(23)8-7-15(21-22)16-6-3-11-26-16/h2-8,11-12H,9-10H2,1H3,(H2,19,20,24). The number of hydrogen-bond donors (Lipinski definition) is 2. The lowest BCUT2D eigenvalue weighted by Gasteiger charge is -2.10. The lowest BCUT2D eigenvalue weighted by atomic mass is 10.3. The predicted molar refractivity (Wildman–Crippen MR) is 96.2 cm³/mol. The molecule has 8 heteroatoms. The number of methoxy groups -OCH3 is 1. The van der Waals surface area contributed by atoms with Crippen LogP contribution in [0.15, 0.2) is 64.0 Å². The average molecular weight is 354 g/mol. The van der Waals surface area contributed by atoms with Crippen molar-refractivity contribution in [2.45, 2.75) is 6.54 Å². The Bertz CT molecular complexity index is 934. The van der Waals surface area contributed by atoms with Crippen molar-refractivity contribution in [2.75, 3.05) is 19.0 Å². The number of nitrogens with zero attached hydrogens (tertiary/aromatic N) is 2. The van der Waals surface area contributed by atoms with Crippen molar-refractivity contribution in [3.05, 3.63) is 65.1 Å². The lowest BCUT2D eigenvalue weighted by molar-refractivity contribution is 0.251. The first-order valence-electron chi connectivity index (χ1n) is 7.96. The average Bonchev–Trinajstić information content (AvgIpc) is 3.18. The molecule has 0 spiro atoms. The molecule has 0 saturated carbocycles. The van der Waals surface area contributed by atoms with Crippen LogP contribution in [0, 0.1) is 0 Å². The molecule has 0 fully saturated rings. The molecule has 0 bridgehead atoms. The summed E-state index contributed by atoms with van der Waals surface area (Å²) in [6.45, 7) is 0.475. The second-order valence-electron chi connectivity index (χ2n) is 5.37. The van der Waals surface area contributed by atoms with E-state index in [1.807, 2.05) is 0 Å². The van der Waals surface area contributed by atoms with E-state index >= 15 is 0 Å². The fraction of sp³-hybridized carbons (Fsp3) is 0.167. The summed E-state index contributed by atoms with van der Waals surface area (Å²) in [7, 11) is 1.56. The normalized spacial score (nSPS) is 10.3. The number of carbonyl (C=O) groups is 1. The Labute approximate surface area is 149 Å². The lowest BCUT2D eigenvalue weighted by Crippen LogP contribution is -2.34. The summed E-state index contributed by atoms with van der Waals surface area (Å²) in [5.74, 6) is 1.22. The summed E-state index contributed by atoms with van der Waals surface area (Å²) in [4.78, 5) is 23.9. The number of aromatic nitrogens is 2. The quantitative estimate of drug-likeness (QED) is 0.708. The third kappa shape index (κ3) is 4.29. The minimum atomic E-state index is -0.381. The van der Waals surface area contributed by atoms with Crippen molar-refractivity contribution in [3.8, 4) is 17.2 Å². The number of carbonyl (C=O) groups excluding carboxylic acids is 1. The predicted octanol–water partition coefficient (Wildman–Crippen LogP) is 2.33. The van der Waals surface area contributed by atoms with Gasteiger partial charge in [0.2, 0.25) is 0 Å². The van der Waals surface area contributed by atoms with Crippen LogP contribution in [0.5, 0.6) is 5.75 Å². The van der Waals surface area contributed by atoms with Gasteiger partial charge in [-0.1, -0.05) is 6.07 Å². The summed E-state index contributed by atoms with van der Waals surface area (Å²) in [5, 5.41) is 9.62. The number of hydrogen-bond acceptors (Lipinski definition) is 5. The molecule has 3 rings (SSSR count). The van der Waals surface area contributed by atoms with E-state index in [4.69, 9.17) is 9.15 Å². The van der Waals surface area contributed by atoms with Gasteiger partial charge in [0.05, 0.1) is 19.9 Å². The molecule has 1 aromatic carbocycles. The highest BCUT2D eigenvalue weighted by atomic mass is 16.5. The SMILES string of the molecule is COc1cccc(NC(=O)NCCn2nc(-c3ccco3)ccc2=O)c1. The monoisotopic (exact) mass is 354 g/mol. The van der Waals surface area contributed by atoms with Crippen molar-refractivity contribution in [1.29, 1.82) is 0 Å². The van der Waals surface area contributed by atoms with Gasteiger partial charge in [0.15, 0.2) is 5.76 Å². The molecule has 134 valence electrons. The van der Waals surface area contributed by atoms with Crippen LogP contribution in [0.2, 0.25) is 0 Å². The molecule has 0 unspecified atom stereocenters. The highest BCUT2D eigenvalue weighted by Gasteiger charge is 2.07. The molecule has 0 aliphatic rings. The van der Waals surface area contributed by atoms with E-state index < -0.39 is 0 Å². The molecule has 0 aliphatic carbocycles. The smallest absolute Gasteiger partial charge is 0.319 e. The number of nitrogens with one attached hydrogen (secondary N) is 2. The van der Waals surface area contributed by atoms with Crippen molar-refractivity contribution in [2.24, 2.45) is 0 Å². The molecule has 0 radical (unpaired) electrons. The van der Waals surface area contributed by atoms with Crippen LogP contribution in [0.4, 0.5) is 10.5 Å². The van der Waals surface area contributed by atoms with E-state index in [1.54, 1.807) is 49.6 Å². The zero-order valence-electron chi connectivity index (χ0n) is 14.1. The van der Waals surface area contributed by atoms with Gasteiger partial charge in [-0.3, -0.25) is 4.79 Å². The van der Waals surface area contributed by atoms with Gasteiger partial charge in [-0.15, -0.1) is 0 Å². The summed E-state index contributed by atoms with van der Waals surface area (Å²) >= 11 is 0. The Morgan fingerprint density at radius 3 is 2.88 bits per heavy atom. The van der Waals surface area contributed by atoms with E-state index in [0.29, 0.717) is 22.9 Å². The minimum absolute atomic E-state index is 0.235. The highest BCUT2D eigenvalue weighted by molar-refractivity contribution is 5.89. The van der Waals surface area contributed by atoms with Gasteiger partial charge in [-0.05, 0) is 30.3 Å². The fourth-order valence-corrected chi connectivity index (χ4v) is 2.32. The number of benzene rings is 1. The van der Waals surface area contributed by atoms with Crippen LogP contribution in [0.1, 0.15) is 0 Å². The van der Waals surface area contributed by atoms with Gasteiger partial charge in [0.25, 0.3) is 5.56 Å². The van der Waals surface area contributed by atoms with Crippen LogP contribution in [-0.4, -0.2) is 29.5 Å². The molecule has 0 atom stereocenters. The largest absolute Gasteiger partial charge is 0.497 e. The summed E-state index contributed by atoms with van der Waals surface area (Å²) < 4.78 is 11.7. The van der Waals surface area contributed by atoms with Gasteiger partial charge >= 0.3 is 6.03 Å². The zero-order chi connectivity index (χ0) is 18.4. The van der Waals surface area contributed by atoms with E-state index in [1.165, 1.54) is 17.0 Å². The second-order valence-corrected chi connectivity index (χ2v) is 5.37. The topological polar surface area (TPSA) is 98.4 Å². The van der Waals surface area contributed by atoms with Gasteiger partial charge < -0.3 is 19.8 Å². The van der Waals surface area contributed by atoms with Crippen LogP contribution < -0.4 is 20.9 Å². The molecule has 2 amide bonds. The van der Waals surface area contributed by atoms with Crippen LogP contribution in [0.25, 0.3) is 11.5 Å². The Hall–Kier alpha value is -3.55. The summed E-state index contributed by atoms with van der Waals surface area (Å²) in [5.41, 5.74) is 0.905. The second kappa shape index (κ2) is 8.02. The van der Waals surface area contributed by atoms with Gasteiger partial charge in [0.1, 0.15) is 11.4 Å². The van der Waals surface area contributed by atoms with Crippen molar-refractivity contribution >= 4 is 11.7 Å². The van der Waals surface area contributed by atoms with Crippen molar-refractivity contribution in [3.63, 3.8) is 0 Å². The van der Waals surface area contributed by atoms with Gasteiger partial charge in [-0.2, -0.15) is 5.10 Å². The minimum Gasteiger partial charge on any atom is -0.497 e. The molecule has 2 heterocycles. The Kier molecular flexibility index (Phi) is 5.33. The van der Waals surface area contributed by atoms with E-state index in [0.717, 1.165) is 0 Å². The number of ether oxygens (including phenoxy) is 1. The Morgan fingerprint density at radius 2 is 2.12 bits per heavy atom. The molecule has 3 aromatic rings. The molecule has 2 aromatic heterocycles. The zero-order valence-corrected chi connectivity index (χ0v) is 14.1. The molecule has 0 aliphatic heterocycles. The molecule has 2 N–H and O–H groups in total. The number of furan rings is 1. The number of amides is 2. The Balaban J connectivity index is 1.56. The van der Waals surface area contributed by atoms with Crippen molar-refractivity contribution in [1.82, 2.24) is 15.1 Å². The van der Waals surface area contributed by atoms with Crippen molar-refractivity contribution < 1.29 is 13.9 Å². The van der Waals surface area contributed by atoms with Crippen LogP contribution >= 0.6 is 0 Å². The van der Waals surface area contributed by atoms with Gasteiger partial charge in [0, 0.05) is 24.4 Å². The van der Waals surface area contributed by atoms with E-state index in [9.17, 15) is 9.59 Å². The van der Waals surface area contributed by atoms with E-state index in [-0.39, 0.29) is 24.7 Å². The number of urea groups is 1. The van der Waals surface area contributed by atoms with Crippen LogP contribution in [0.3, 0.4) is 0 Å². The first-order chi connectivity index (χ1) is 12.7. The highest BCUT2D eigenvalue weighted by Crippen LogP contribution is 2.16. The molecular formula is C18H18N4O4.